The van der Waals surface area contributed by atoms with E-state index in [0.717, 1.165) is 23.5 Å². The van der Waals surface area contributed by atoms with Crippen molar-refractivity contribution in [2.75, 3.05) is 20.4 Å². The van der Waals surface area contributed by atoms with Crippen LogP contribution in [0.2, 0.25) is 0 Å². The molecule has 1 fully saturated rings. The Morgan fingerprint density at radius 1 is 1.35 bits per heavy atom. The van der Waals surface area contributed by atoms with Gasteiger partial charge in [-0.3, -0.25) is 4.99 Å². The van der Waals surface area contributed by atoms with Crippen molar-refractivity contribution in [3.8, 4) is 5.75 Å². The van der Waals surface area contributed by atoms with Gasteiger partial charge in [-0.1, -0.05) is 6.07 Å². The lowest BCUT2D eigenvalue weighted by Crippen LogP contribution is -2.42. The SMILES string of the molecule is CN=C(NCc1cc(C)cc(OC)c1)NC1CCC(SC)C1.I. The van der Waals surface area contributed by atoms with Crippen LogP contribution < -0.4 is 15.4 Å². The van der Waals surface area contributed by atoms with Crippen LogP contribution in [-0.2, 0) is 6.54 Å². The molecule has 1 aromatic carbocycles. The van der Waals surface area contributed by atoms with Crippen LogP contribution in [0.25, 0.3) is 0 Å². The summed E-state index contributed by atoms with van der Waals surface area (Å²) in [6, 6.07) is 6.81. The molecule has 2 unspecified atom stereocenters. The number of benzene rings is 1. The number of guanidine groups is 1. The molecule has 2 atom stereocenters. The van der Waals surface area contributed by atoms with E-state index in [2.05, 4.69) is 40.9 Å². The van der Waals surface area contributed by atoms with Crippen molar-refractivity contribution in [3.63, 3.8) is 0 Å². The molecular weight excluding hydrogens is 421 g/mol. The van der Waals surface area contributed by atoms with E-state index in [4.69, 9.17) is 4.74 Å². The number of aliphatic imine (C=N–C) groups is 1. The number of nitrogens with one attached hydrogen (secondary N) is 2. The van der Waals surface area contributed by atoms with Crippen molar-refractivity contribution in [1.29, 1.82) is 0 Å². The second-order valence-corrected chi connectivity index (χ2v) is 6.93. The van der Waals surface area contributed by atoms with Gasteiger partial charge in [-0.25, -0.2) is 0 Å². The highest BCUT2D eigenvalue weighted by atomic mass is 127. The first kappa shape index (κ1) is 20.4. The molecule has 0 aromatic heterocycles. The molecule has 1 aliphatic rings. The first-order valence-electron chi connectivity index (χ1n) is 7.79. The Morgan fingerprint density at radius 3 is 2.74 bits per heavy atom. The van der Waals surface area contributed by atoms with Crippen LogP contribution in [0.4, 0.5) is 0 Å². The molecule has 2 N–H and O–H groups in total. The third kappa shape index (κ3) is 6.41. The van der Waals surface area contributed by atoms with Crippen molar-refractivity contribution in [3.05, 3.63) is 29.3 Å². The van der Waals surface area contributed by atoms with Crippen molar-refractivity contribution in [2.45, 2.75) is 44.0 Å². The predicted molar refractivity (Wildman–Crippen MR) is 111 cm³/mol. The minimum atomic E-state index is 0. The largest absolute Gasteiger partial charge is 0.497 e. The van der Waals surface area contributed by atoms with Gasteiger partial charge >= 0.3 is 0 Å². The molecule has 0 radical (unpaired) electrons. The summed E-state index contributed by atoms with van der Waals surface area (Å²) >= 11 is 1.97. The van der Waals surface area contributed by atoms with Gasteiger partial charge in [0.2, 0.25) is 0 Å². The lowest BCUT2D eigenvalue weighted by molar-refractivity contribution is 0.414. The van der Waals surface area contributed by atoms with E-state index in [1.807, 2.05) is 24.9 Å². The summed E-state index contributed by atoms with van der Waals surface area (Å²) in [6.07, 6.45) is 5.95. The van der Waals surface area contributed by atoms with Crippen molar-refractivity contribution >= 4 is 41.7 Å². The number of aryl methyl sites for hydroxylation is 1. The molecule has 0 saturated heterocycles. The summed E-state index contributed by atoms with van der Waals surface area (Å²) in [7, 11) is 3.53. The molecular formula is C17H28IN3OS. The predicted octanol–water partition coefficient (Wildman–Crippen LogP) is 3.57. The molecule has 23 heavy (non-hydrogen) atoms. The summed E-state index contributed by atoms with van der Waals surface area (Å²) in [5.41, 5.74) is 2.41. The first-order valence-corrected chi connectivity index (χ1v) is 9.08. The van der Waals surface area contributed by atoms with Crippen molar-refractivity contribution in [1.82, 2.24) is 10.6 Å². The number of methoxy groups -OCH3 is 1. The Kier molecular flexibility index (Phi) is 9.12. The number of thioether (sulfide) groups is 1. The minimum absolute atomic E-state index is 0. The zero-order valence-electron chi connectivity index (χ0n) is 14.4. The lowest BCUT2D eigenvalue weighted by Gasteiger charge is -2.17. The second-order valence-electron chi connectivity index (χ2n) is 5.80. The molecule has 0 aliphatic heterocycles. The van der Waals surface area contributed by atoms with E-state index in [-0.39, 0.29) is 24.0 Å². The van der Waals surface area contributed by atoms with Crippen molar-refractivity contribution in [2.24, 2.45) is 4.99 Å². The van der Waals surface area contributed by atoms with E-state index >= 15 is 0 Å². The van der Waals surface area contributed by atoms with Gasteiger partial charge in [-0.15, -0.1) is 24.0 Å². The Morgan fingerprint density at radius 2 is 2.13 bits per heavy atom. The topological polar surface area (TPSA) is 45.7 Å². The molecule has 0 heterocycles. The summed E-state index contributed by atoms with van der Waals surface area (Å²) in [5.74, 6) is 1.78. The average Bonchev–Trinajstić information content (AvgIpc) is 2.98. The third-order valence-electron chi connectivity index (χ3n) is 4.09. The standard InChI is InChI=1S/C17H27N3OS.HI/c1-12-7-13(9-15(8-12)21-3)11-19-17(18-2)20-14-5-6-16(10-14)22-4;/h7-9,14,16H,5-6,10-11H2,1-4H3,(H2,18,19,20);1H. The average molecular weight is 449 g/mol. The third-order valence-corrected chi connectivity index (χ3v) is 5.18. The highest BCUT2D eigenvalue weighted by Gasteiger charge is 2.24. The van der Waals surface area contributed by atoms with Gasteiger partial charge in [0.05, 0.1) is 7.11 Å². The van der Waals surface area contributed by atoms with Gasteiger partial charge in [-0.2, -0.15) is 11.8 Å². The van der Waals surface area contributed by atoms with Crippen molar-refractivity contribution < 1.29 is 4.74 Å². The van der Waals surface area contributed by atoms with E-state index in [0.29, 0.717) is 6.04 Å². The number of halogens is 1. The first-order chi connectivity index (χ1) is 10.6. The zero-order valence-corrected chi connectivity index (χ0v) is 17.5. The van der Waals surface area contributed by atoms with Gasteiger partial charge in [0, 0.05) is 24.9 Å². The van der Waals surface area contributed by atoms with Crippen LogP contribution in [0.3, 0.4) is 0 Å². The molecule has 1 saturated carbocycles. The van der Waals surface area contributed by atoms with Crippen LogP contribution in [0, 0.1) is 6.92 Å². The van der Waals surface area contributed by atoms with E-state index in [9.17, 15) is 0 Å². The maximum atomic E-state index is 5.32. The van der Waals surface area contributed by atoms with Crippen LogP contribution in [0.5, 0.6) is 5.75 Å². The van der Waals surface area contributed by atoms with Gasteiger partial charge < -0.3 is 15.4 Å². The van der Waals surface area contributed by atoms with Gasteiger partial charge in [-0.05, 0) is 55.7 Å². The highest BCUT2D eigenvalue weighted by molar-refractivity contribution is 14.0. The van der Waals surface area contributed by atoms with Gasteiger partial charge in [0.25, 0.3) is 0 Å². The Labute approximate surface area is 161 Å². The summed E-state index contributed by atoms with van der Waals surface area (Å²) in [5, 5.41) is 7.73. The minimum Gasteiger partial charge on any atom is -0.497 e. The fourth-order valence-electron chi connectivity index (χ4n) is 2.90. The molecule has 0 spiro atoms. The van der Waals surface area contributed by atoms with Crippen LogP contribution in [0.15, 0.2) is 23.2 Å². The van der Waals surface area contributed by atoms with Crippen LogP contribution in [0.1, 0.15) is 30.4 Å². The van der Waals surface area contributed by atoms with Crippen LogP contribution >= 0.6 is 35.7 Å². The normalized spacial score (nSPS) is 20.8. The summed E-state index contributed by atoms with van der Waals surface area (Å²) in [6.45, 7) is 2.83. The molecule has 130 valence electrons. The molecule has 1 aliphatic carbocycles. The lowest BCUT2D eigenvalue weighted by atomic mass is 10.1. The fraction of sp³-hybridized carbons (Fsp3) is 0.588. The Hall–Kier alpha value is -0.630. The number of rotatable bonds is 5. The second kappa shape index (κ2) is 10.3. The summed E-state index contributed by atoms with van der Waals surface area (Å²) in [4.78, 5) is 4.34. The molecule has 0 amide bonds. The Balaban J connectivity index is 0.00000264. The Bertz CT molecular complexity index is 525. The highest BCUT2D eigenvalue weighted by Crippen LogP contribution is 2.28. The summed E-state index contributed by atoms with van der Waals surface area (Å²) < 4.78 is 5.32. The maximum Gasteiger partial charge on any atom is 0.191 e. The van der Waals surface area contributed by atoms with Gasteiger partial charge in [0.1, 0.15) is 5.75 Å². The van der Waals surface area contributed by atoms with E-state index in [1.165, 1.54) is 30.4 Å². The molecule has 6 heteroatoms. The quantitative estimate of drug-likeness (QED) is 0.410. The number of hydrogen-bond acceptors (Lipinski definition) is 3. The number of nitrogens with zero attached hydrogens (tertiary/aromatic N) is 1. The van der Waals surface area contributed by atoms with E-state index in [1.54, 1.807) is 7.11 Å². The molecule has 4 nitrogen and oxygen atoms in total. The van der Waals surface area contributed by atoms with Gasteiger partial charge in [0.15, 0.2) is 5.96 Å². The zero-order chi connectivity index (χ0) is 15.9. The van der Waals surface area contributed by atoms with Crippen LogP contribution in [-0.4, -0.2) is 37.7 Å². The molecule has 1 aromatic rings. The number of hydrogen-bond donors (Lipinski definition) is 2. The maximum absolute atomic E-state index is 5.32. The number of ether oxygens (including phenoxy) is 1. The molecule has 0 bridgehead atoms. The fourth-order valence-corrected chi connectivity index (χ4v) is 3.70. The smallest absolute Gasteiger partial charge is 0.191 e. The molecule has 2 rings (SSSR count). The monoisotopic (exact) mass is 449 g/mol. The van der Waals surface area contributed by atoms with E-state index < -0.39 is 0 Å².